The van der Waals surface area contributed by atoms with Crippen molar-refractivity contribution in [1.29, 1.82) is 0 Å². The topological polar surface area (TPSA) is 41.5 Å². The molecule has 0 saturated carbocycles. The number of rotatable bonds is 4. The standard InChI is InChI=1S/C19H17ClN2OS/c1-3-15(13-10-8-12(2)9-11-13)21-22-19(23)18-17(20)14-6-4-5-7-16(14)24-18/h4-11H,3H2,1-2H3,(H,22,23)/b21-15+. The maximum atomic E-state index is 12.4. The second-order valence-electron chi connectivity index (χ2n) is 5.46. The molecule has 0 atom stereocenters. The molecule has 0 spiro atoms. The van der Waals surface area contributed by atoms with Crippen LogP contribution in [0.1, 0.15) is 34.1 Å². The minimum atomic E-state index is -0.278. The molecule has 3 aromatic rings. The zero-order chi connectivity index (χ0) is 17.1. The van der Waals surface area contributed by atoms with Crippen molar-refractivity contribution in [3.8, 4) is 0 Å². The van der Waals surface area contributed by atoms with E-state index in [0.717, 1.165) is 27.8 Å². The van der Waals surface area contributed by atoms with Crippen molar-refractivity contribution >= 4 is 44.6 Å². The average Bonchev–Trinajstić information content (AvgIpc) is 2.94. The van der Waals surface area contributed by atoms with Gasteiger partial charge in [0.15, 0.2) is 0 Å². The van der Waals surface area contributed by atoms with E-state index in [0.29, 0.717) is 9.90 Å². The van der Waals surface area contributed by atoms with E-state index in [-0.39, 0.29) is 5.91 Å². The van der Waals surface area contributed by atoms with Gasteiger partial charge in [-0.3, -0.25) is 4.79 Å². The van der Waals surface area contributed by atoms with Crippen molar-refractivity contribution in [2.24, 2.45) is 5.10 Å². The molecule has 0 aliphatic carbocycles. The molecule has 122 valence electrons. The Labute approximate surface area is 150 Å². The van der Waals surface area contributed by atoms with Crippen molar-refractivity contribution in [3.63, 3.8) is 0 Å². The van der Waals surface area contributed by atoms with E-state index >= 15 is 0 Å². The molecular weight excluding hydrogens is 340 g/mol. The van der Waals surface area contributed by atoms with Gasteiger partial charge in [0.2, 0.25) is 0 Å². The molecule has 0 aliphatic rings. The Morgan fingerprint density at radius 2 is 1.88 bits per heavy atom. The molecule has 5 heteroatoms. The quantitative estimate of drug-likeness (QED) is 0.493. The van der Waals surface area contributed by atoms with Gasteiger partial charge in [-0.15, -0.1) is 11.3 Å². The maximum absolute atomic E-state index is 12.4. The van der Waals surface area contributed by atoms with Crippen LogP contribution in [0.5, 0.6) is 0 Å². The van der Waals surface area contributed by atoms with Crippen molar-refractivity contribution in [3.05, 3.63) is 69.6 Å². The molecule has 3 rings (SSSR count). The van der Waals surface area contributed by atoms with E-state index in [1.54, 1.807) is 0 Å². The molecular formula is C19H17ClN2OS. The van der Waals surface area contributed by atoms with E-state index in [1.165, 1.54) is 16.9 Å². The number of amides is 1. The van der Waals surface area contributed by atoms with Gasteiger partial charge in [-0.1, -0.05) is 66.6 Å². The molecule has 0 aliphatic heterocycles. The number of fused-ring (bicyclic) bond motifs is 1. The number of carbonyl (C=O) groups is 1. The number of carbonyl (C=O) groups excluding carboxylic acids is 1. The van der Waals surface area contributed by atoms with E-state index in [2.05, 4.69) is 10.5 Å². The van der Waals surface area contributed by atoms with Crippen LogP contribution in [0.4, 0.5) is 0 Å². The van der Waals surface area contributed by atoms with Crippen LogP contribution in [0.3, 0.4) is 0 Å². The lowest BCUT2D eigenvalue weighted by Gasteiger charge is -2.05. The summed E-state index contributed by atoms with van der Waals surface area (Å²) in [5.74, 6) is -0.278. The summed E-state index contributed by atoms with van der Waals surface area (Å²) in [7, 11) is 0. The first kappa shape index (κ1) is 16.7. The number of hydrogen-bond acceptors (Lipinski definition) is 3. The number of halogens is 1. The van der Waals surface area contributed by atoms with Gasteiger partial charge in [0.05, 0.1) is 10.7 Å². The SMILES string of the molecule is CC/C(=N\NC(=O)c1sc2ccccc2c1Cl)c1ccc(C)cc1. The predicted octanol–water partition coefficient (Wildman–Crippen LogP) is 5.41. The Hall–Kier alpha value is -2.17. The van der Waals surface area contributed by atoms with Crippen molar-refractivity contribution in [2.75, 3.05) is 0 Å². The highest BCUT2D eigenvalue weighted by molar-refractivity contribution is 7.21. The lowest BCUT2D eigenvalue weighted by molar-refractivity contribution is 0.0959. The Balaban J connectivity index is 1.84. The molecule has 1 aromatic heterocycles. The summed E-state index contributed by atoms with van der Waals surface area (Å²) in [5.41, 5.74) is 5.67. The largest absolute Gasteiger partial charge is 0.283 e. The normalized spacial score (nSPS) is 11.7. The average molecular weight is 357 g/mol. The molecule has 0 bridgehead atoms. The minimum Gasteiger partial charge on any atom is -0.266 e. The van der Waals surface area contributed by atoms with Crippen LogP contribution in [0, 0.1) is 6.92 Å². The molecule has 1 N–H and O–H groups in total. The number of thiophene rings is 1. The van der Waals surface area contributed by atoms with Crippen LogP contribution in [-0.4, -0.2) is 11.6 Å². The van der Waals surface area contributed by atoms with E-state index in [1.807, 2.05) is 62.4 Å². The molecule has 24 heavy (non-hydrogen) atoms. The Morgan fingerprint density at radius 3 is 2.54 bits per heavy atom. The summed E-state index contributed by atoms with van der Waals surface area (Å²) in [6.45, 7) is 4.05. The molecule has 0 unspecified atom stereocenters. The van der Waals surface area contributed by atoms with Crippen LogP contribution in [0.15, 0.2) is 53.6 Å². The highest BCUT2D eigenvalue weighted by Crippen LogP contribution is 2.34. The summed E-state index contributed by atoms with van der Waals surface area (Å²) in [5, 5.41) is 5.67. The highest BCUT2D eigenvalue weighted by Gasteiger charge is 2.16. The van der Waals surface area contributed by atoms with Gasteiger partial charge >= 0.3 is 0 Å². The highest BCUT2D eigenvalue weighted by atomic mass is 35.5. The number of hydrogen-bond donors (Lipinski definition) is 1. The van der Waals surface area contributed by atoms with Crippen molar-refractivity contribution in [1.82, 2.24) is 5.43 Å². The van der Waals surface area contributed by atoms with E-state index < -0.39 is 0 Å². The number of benzene rings is 2. The monoisotopic (exact) mass is 356 g/mol. The summed E-state index contributed by atoms with van der Waals surface area (Å²) in [6, 6.07) is 15.8. The van der Waals surface area contributed by atoms with Crippen LogP contribution in [-0.2, 0) is 0 Å². The van der Waals surface area contributed by atoms with Crippen LogP contribution < -0.4 is 5.43 Å². The third-order valence-electron chi connectivity index (χ3n) is 3.75. The van der Waals surface area contributed by atoms with Gasteiger partial charge in [-0.25, -0.2) is 5.43 Å². The third-order valence-corrected chi connectivity index (χ3v) is 5.43. The summed E-state index contributed by atoms with van der Waals surface area (Å²) >= 11 is 7.71. The molecule has 1 amide bonds. The van der Waals surface area contributed by atoms with E-state index in [4.69, 9.17) is 11.6 Å². The maximum Gasteiger partial charge on any atom is 0.283 e. The lowest BCUT2D eigenvalue weighted by Crippen LogP contribution is -2.19. The minimum absolute atomic E-state index is 0.278. The fraction of sp³-hybridized carbons (Fsp3) is 0.158. The Kier molecular flexibility index (Phi) is 4.97. The van der Waals surface area contributed by atoms with Gasteiger partial charge in [0.1, 0.15) is 4.88 Å². The van der Waals surface area contributed by atoms with Crippen molar-refractivity contribution in [2.45, 2.75) is 20.3 Å². The number of hydrazone groups is 1. The fourth-order valence-electron chi connectivity index (χ4n) is 2.42. The zero-order valence-corrected chi connectivity index (χ0v) is 15.0. The molecule has 0 fully saturated rings. The molecule has 2 aromatic carbocycles. The second kappa shape index (κ2) is 7.16. The molecule has 0 saturated heterocycles. The van der Waals surface area contributed by atoms with Gasteiger partial charge in [-0.05, 0) is 25.0 Å². The van der Waals surface area contributed by atoms with E-state index in [9.17, 15) is 4.79 Å². The van der Waals surface area contributed by atoms with Gasteiger partial charge in [-0.2, -0.15) is 5.10 Å². The van der Waals surface area contributed by atoms with Gasteiger partial charge in [0, 0.05) is 10.1 Å². The summed E-state index contributed by atoms with van der Waals surface area (Å²) in [6.07, 6.45) is 0.726. The first-order chi connectivity index (χ1) is 11.6. The predicted molar refractivity (Wildman–Crippen MR) is 102 cm³/mol. The first-order valence-electron chi connectivity index (χ1n) is 7.71. The Morgan fingerprint density at radius 1 is 1.17 bits per heavy atom. The number of nitrogens with zero attached hydrogens (tertiary/aromatic N) is 1. The van der Waals surface area contributed by atoms with Crippen molar-refractivity contribution < 1.29 is 4.79 Å². The second-order valence-corrected chi connectivity index (χ2v) is 6.89. The first-order valence-corrected chi connectivity index (χ1v) is 8.90. The third kappa shape index (κ3) is 3.35. The smallest absolute Gasteiger partial charge is 0.266 e. The summed E-state index contributed by atoms with van der Waals surface area (Å²) in [4.78, 5) is 12.9. The van der Waals surface area contributed by atoms with Gasteiger partial charge in [0.25, 0.3) is 5.91 Å². The molecule has 0 radical (unpaired) electrons. The molecule has 3 nitrogen and oxygen atoms in total. The lowest BCUT2D eigenvalue weighted by atomic mass is 10.1. The van der Waals surface area contributed by atoms with Crippen LogP contribution in [0.2, 0.25) is 5.02 Å². The number of aryl methyl sites for hydroxylation is 1. The fourth-order valence-corrected chi connectivity index (χ4v) is 3.83. The number of nitrogens with one attached hydrogen (secondary N) is 1. The van der Waals surface area contributed by atoms with Crippen LogP contribution >= 0.6 is 22.9 Å². The van der Waals surface area contributed by atoms with Gasteiger partial charge < -0.3 is 0 Å². The Bertz CT molecular complexity index is 913. The van der Waals surface area contributed by atoms with Crippen LogP contribution in [0.25, 0.3) is 10.1 Å². The zero-order valence-electron chi connectivity index (χ0n) is 13.5. The summed E-state index contributed by atoms with van der Waals surface area (Å²) < 4.78 is 0.992. The molecule has 1 heterocycles.